The third-order valence-electron chi connectivity index (χ3n) is 7.11. The Hall–Kier alpha value is -3.26. The summed E-state index contributed by atoms with van der Waals surface area (Å²) in [6.07, 6.45) is 0.119. The minimum absolute atomic E-state index is 0.0195. The lowest BCUT2D eigenvalue weighted by Crippen LogP contribution is -2.42. The number of morpholine rings is 1. The van der Waals surface area contributed by atoms with Crippen LogP contribution in [0.15, 0.2) is 42.5 Å². The van der Waals surface area contributed by atoms with Gasteiger partial charge >= 0.3 is 5.97 Å². The van der Waals surface area contributed by atoms with E-state index in [2.05, 4.69) is 0 Å². The minimum atomic E-state index is -0.589. The highest BCUT2D eigenvalue weighted by Gasteiger charge is 2.40. The summed E-state index contributed by atoms with van der Waals surface area (Å²) in [6.45, 7) is 4.46. The Balaban J connectivity index is 1.28. The smallest absolute Gasteiger partial charge is 0.306 e. The third kappa shape index (κ3) is 4.18. The molecule has 3 atom stereocenters. The molecule has 3 aliphatic heterocycles. The maximum Gasteiger partial charge on any atom is 0.306 e. The van der Waals surface area contributed by atoms with Crippen molar-refractivity contribution < 1.29 is 28.2 Å². The summed E-state index contributed by atoms with van der Waals surface area (Å²) < 4.78 is 25.8. The average Bonchev–Trinajstić information content (AvgIpc) is 3.08. The van der Waals surface area contributed by atoms with Gasteiger partial charge in [-0.05, 0) is 48.1 Å². The van der Waals surface area contributed by atoms with E-state index in [0.717, 1.165) is 10.5 Å². The van der Waals surface area contributed by atoms with Crippen molar-refractivity contribution in [1.82, 2.24) is 4.90 Å². The van der Waals surface area contributed by atoms with Crippen molar-refractivity contribution in [3.8, 4) is 0 Å². The van der Waals surface area contributed by atoms with Gasteiger partial charge in [0, 0.05) is 19.5 Å². The molecule has 0 spiro atoms. The van der Waals surface area contributed by atoms with Gasteiger partial charge in [0.2, 0.25) is 0 Å². The molecular formula is C26H27FN2O5. The summed E-state index contributed by atoms with van der Waals surface area (Å²) in [6, 6.07) is 12.0. The zero-order valence-corrected chi connectivity index (χ0v) is 19.0. The van der Waals surface area contributed by atoms with Crippen molar-refractivity contribution in [2.45, 2.75) is 31.8 Å². The van der Waals surface area contributed by atoms with E-state index in [4.69, 9.17) is 9.47 Å². The Morgan fingerprint density at radius 2 is 1.71 bits per heavy atom. The van der Waals surface area contributed by atoms with Crippen LogP contribution in [0.4, 0.5) is 10.1 Å². The van der Waals surface area contributed by atoms with Crippen LogP contribution in [0.3, 0.4) is 0 Å². The number of carbonyl (C=O) groups excluding carboxylic acids is 3. The molecule has 8 heteroatoms. The van der Waals surface area contributed by atoms with Crippen molar-refractivity contribution in [2.24, 2.45) is 5.92 Å². The van der Waals surface area contributed by atoms with E-state index in [1.807, 2.05) is 17.9 Å². The van der Waals surface area contributed by atoms with Crippen LogP contribution in [-0.4, -0.2) is 61.6 Å². The number of esters is 1. The number of hydrogen-bond donors (Lipinski definition) is 0. The first kappa shape index (κ1) is 22.5. The maximum absolute atomic E-state index is 14.9. The number of imide groups is 1. The Morgan fingerprint density at radius 1 is 1.03 bits per heavy atom. The van der Waals surface area contributed by atoms with Crippen LogP contribution in [0.1, 0.15) is 52.0 Å². The predicted molar refractivity (Wildman–Crippen MR) is 122 cm³/mol. The molecule has 5 rings (SSSR count). The normalized spacial score (nSPS) is 23.6. The lowest BCUT2D eigenvalue weighted by Gasteiger charge is -2.34. The van der Waals surface area contributed by atoms with Crippen LogP contribution >= 0.6 is 0 Å². The molecule has 2 fully saturated rings. The molecule has 178 valence electrons. The van der Waals surface area contributed by atoms with Crippen LogP contribution in [0.5, 0.6) is 0 Å². The Kier molecular flexibility index (Phi) is 6.08. The molecule has 2 saturated heterocycles. The molecule has 0 bridgehead atoms. The Labute approximate surface area is 197 Å². The van der Waals surface area contributed by atoms with Gasteiger partial charge in [0.25, 0.3) is 11.8 Å². The van der Waals surface area contributed by atoms with Gasteiger partial charge in [0.1, 0.15) is 11.9 Å². The van der Waals surface area contributed by atoms with E-state index in [1.54, 1.807) is 36.4 Å². The number of rotatable bonds is 5. The van der Waals surface area contributed by atoms with Gasteiger partial charge in [0.15, 0.2) is 0 Å². The number of anilines is 1. The fourth-order valence-corrected chi connectivity index (χ4v) is 5.16. The zero-order chi connectivity index (χ0) is 23.8. The van der Waals surface area contributed by atoms with Gasteiger partial charge in [-0.15, -0.1) is 0 Å². The highest BCUT2D eigenvalue weighted by Crippen LogP contribution is 2.37. The Morgan fingerprint density at radius 3 is 2.35 bits per heavy atom. The molecule has 2 aromatic carbocycles. The number of hydrogen-bond acceptors (Lipinski definition) is 6. The molecule has 3 heterocycles. The van der Waals surface area contributed by atoms with Crippen LogP contribution < -0.4 is 4.90 Å². The highest BCUT2D eigenvalue weighted by atomic mass is 19.1. The summed E-state index contributed by atoms with van der Waals surface area (Å²) in [5, 5.41) is 0. The zero-order valence-electron chi connectivity index (χ0n) is 19.0. The fraction of sp³-hybridized carbons (Fsp3) is 0.423. The number of fused-ring (bicyclic) bond motifs is 1. The summed E-state index contributed by atoms with van der Waals surface area (Å²) in [7, 11) is 0. The summed E-state index contributed by atoms with van der Waals surface area (Å²) in [5.74, 6) is -1.57. The van der Waals surface area contributed by atoms with Gasteiger partial charge in [0.05, 0.1) is 36.6 Å². The van der Waals surface area contributed by atoms with Crippen LogP contribution in [0.2, 0.25) is 0 Å². The topological polar surface area (TPSA) is 76.2 Å². The second-order valence-electron chi connectivity index (χ2n) is 9.18. The molecular weight excluding hydrogens is 439 g/mol. The van der Waals surface area contributed by atoms with Gasteiger partial charge in [-0.3, -0.25) is 19.3 Å². The van der Waals surface area contributed by atoms with Gasteiger partial charge in [-0.2, -0.15) is 0 Å². The lowest BCUT2D eigenvalue weighted by atomic mass is 9.80. The van der Waals surface area contributed by atoms with E-state index < -0.39 is 6.10 Å². The van der Waals surface area contributed by atoms with Gasteiger partial charge in [-0.1, -0.05) is 25.1 Å². The number of carbonyl (C=O) groups is 3. The summed E-state index contributed by atoms with van der Waals surface area (Å²) in [4.78, 5) is 41.0. The molecule has 3 unspecified atom stereocenters. The lowest BCUT2D eigenvalue weighted by molar-refractivity contribution is -0.157. The van der Waals surface area contributed by atoms with Crippen LogP contribution in [-0.2, 0) is 14.3 Å². The number of nitrogens with zero attached hydrogens (tertiary/aromatic N) is 2. The number of amides is 2. The SMILES string of the molecule is CC(c1ccc(N2CCOCC2)c(F)c1)C1CC(=O)OC(CN2C(=O)c3ccccc3C2=O)C1. The van der Waals surface area contributed by atoms with Gasteiger partial charge in [-0.25, -0.2) is 4.39 Å². The van der Waals surface area contributed by atoms with E-state index in [9.17, 15) is 18.8 Å². The molecule has 0 saturated carbocycles. The quantitative estimate of drug-likeness (QED) is 0.497. The molecule has 2 amide bonds. The van der Waals surface area contributed by atoms with E-state index in [1.165, 1.54) is 0 Å². The summed E-state index contributed by atoms with van der Waals surface area (Å²) in [5.41, 5.74) is 2.12. The first-order valence-electron chi connectivity index (χ1n) is 11.7. The number of benzene rings is 2. The standard InChI is InChI=1S/C26H27FN2O5/c1-16(17-6-7-23(22(27)13-17)28-8-10-33-11-9-28)18-12-19(34-24(30)14-18)15-29-25(31)20-4-2-3-5-21(20)26(29)32/h2-7,13,16,18-19H,8-12,14-15H2,1H3. The van der Waals surface area contributed by atoms with Crippen LogP contribution in [0, 0.1) is 11.7 Å². The van der Waals surface area contributed by atoms with E-state index >= 15 is 0 Å². The molecule has 3 aliphatic rings. The Bertz CT molecular complexity index is 1090. The minimum Gasteiger partial charge on any atom is -0.460 e. The molecule has 2 aromatic rings. The molecule has 0 aliphatic carbocycles. The van der Waals surface area contributed by atoms with Crippen molar-refractivity contribution in [2.75, 3.05) is 37.7 Å². The van der Waals surface area contributed by atoms with Gasteiger partial charge < -0.3 is 14.4 Å². The largest absolute Gasteiger partial charge is 0.460 e. The number of halogens is 1. The van der Waals surface area contributed by atoms with Crippen molar-refractivity contribution in [1.29, 1.82) is 0 Å². The highest BCUT2D eigenvalue weighted by molar-refractivity contribution is 6.21. The summed E-state index contributed by atoms with van der Waals surface area (Å²) >= 11 is 0. The number of ether oxygens (including phenoxy) is 2. The first-order valence-corrected chi connectivity index (χ1v) is 11.7. The average molecular weight is 467 g/mol. The third-order valence-corrected chi connectivity index (χ3v) is 7.11. The van der Waals surface area contributed by atoms with Crippen molar-refractivity contribution in [3.05, 3.63) is 65.0 Å². The fourth-order valence-electron chi connectivity index (χ4n) is 5.16. The number of cyclic esters (lactones) is 1. The maximum atomic E-state index is 14.9. The molecule has 34 heavy (non-hydrogen) atoms. The monoisotopic (exact) mass is 466 g/mol. The van der Waals surface area contributed by atoms with E-state index in [-0.39, 0.29) is 48.4 Å². The predicted octanol–water partition coefficient (Wildman–Crippen LogP) is 3.38. The second-order valence-corrected chi connectivity index (χ2v) is 9.18. The van der Waals surface area contributed by atoms with Crippen molar-refractivity contribution >= 4 is 23.5 Å². The van der Waals surface area contributed by atoms with Crippen molar-refractivity contribution in [3.63, 3.8) is 0 Å². The molecule has 0 N–H and O–H groups in total. The van der Waals surface area contributed by atoms with Crippen LogP contribution in [0.25, 0.3) is 0 Å². The first-order chi connectivity index (χ1) is 16.4. The molecule has 0 radical (unpaired) electrons. The second kappa shape index (κ2) is 9.18. The molecule has 0 aromatic heterocycles. The van der Waals surface area contributed by atoms with E-state index in [0.29, 0.717) is 49.5 Å². The molecule has 7 nitrogen and oxygen atoms in total.